The van der Waals surface area contributed by atoms with Gasteiger partial charge in [-0.25, -0.2) is 15.0 Å². The van der Waals surface area contributed by atoms with Crippen LogP contribution in [0, 0.1) is 5.41 Å². The monoisotopic (exact) mass is 341 g/mol. The maximum Gasteiger partial charge on any atom is 0.122 e. The summed E-state index contributed by atoms with van der Waals surface area (Å²) >= 11 is 0. The van der Waals surface area contributed by atoms with E-state index in [1.54, 1.807) is 6.33 Å². The summed E-state index contributed by atoms with van der Waals surface area (Å²) in [7, 11) is 2.07. The third-order valence-electron chi connectivity index (χ3n) is 5.90. The Labute approximate surface area is 149 Å². The Hall–Kier alpha value is -1.79. The number of hydrogen-bond acceptors (Lipinski definition) is 5. The molecule has 0 saturated carbocycles. The number of aromatic nitrogens is 4. The van der Waals surface area contributed by atoms with Crippen molar-refractivity contribution in [2.75, 3.05) is 19.7 Å². The van der Waals surface area contributed by atoms with Crippen molar-refractivity contribution in [3.8, 4) is 0 Å². The fourth-order valence-electron chi connectivity index (χ4n) is 4.11. The molecular formula is C19H27N5O. The van der Waals surface area contributed by atoms with E-state index in [1.807, 2.05) is 24.8 Å². The van der Waals surface area contributed by atoms with Crippen LogP contribution < -0.4 is 0 Å². The number of ether oxygens (including phenoxy) is 1. The van der Waals surface area contributed by atoms with Gasteiger partial charge >= 0.3 is 0 Å². The highest BCUT2D eigenvalue weighted by atomic mass is 16.5. The molecule has 0 unspecified atom stereocenters. The Balaban J connectivity index is 1.26. The molecule has 2 aromatic rings. The van der Waals surface area contributed by atoms with E-state index in [0.717, 1.165) is 44.9 Å². The van der Waals surface area contributed by atoms with E-state index >= 15 is 0 Å². The minimum Gasteiger partial charge on any atom is -0.377 e. The minimum atomic E-state index is 0.322. The number of likely N-dealkylation sites (tertiary alicyclic amines) is 1. The molecule has 2 fully saturated rings. The number of piperidine rings is 1. The number of hydrogen-bond donors (Lipinski definition) is 0. The lowest BCUT2D eigenvalue weighted by molar-refractivity contribution is -0.0860. The maximum atomic E-state index is 6.24. The summed E-state index contributed by atoms with van der Waals surface area (Å²) in [6, 6.07) is 0. The van der Waals surface area contributed by atoms with Gasteiger partial charge in [-0.1, -0.05) is 0 Å². The highest BCUT2D eigenvalue weighted by Gasteiger charge is 2.38. The van der Waals surface area contributed by atoms with Crippen LogP contribution in [0.2, 0.25) is 0 Å². The molecule has 2 aliphatic heterocycles. The summed E-state index contributed by atoms with van der Waals surface area (Å²) in [4.78, 5) is 15.2. The van der Waals surface area contributed by atoms with E-state index in [4.69, 9.17) is 4.74 Å². The van der Waals surface area contributed by atoms with E-state index < -0.39 is 0 Å². The Morgan fingerprint density at radius 2 is 2.00 bits per heavy atom. The SMILES string of the molecule is Cn1ccnc1CN1CCC2(CC[C@@H](Cc3cncnc3)OC2)CC1. The first-order valence-electron chi connectivity index (χ1n) is 9.27. The lowest BCUT2D eigenvalue weighted by Crippen LogP contribution is -2.46. The minimum absolute atomic E-state index is 0.322. The van der Waals surface area contributed by atoms with Gasteiger partial charge in [-0.05, 0) is 49.8 Å². The van der Waals surface area contributed by atoms with E-state index in [0.29, 0.717) is 11.5 Å². The van der Waals surface area contributed by atoms with E-state index in [9.17, 15) is 0 Å². The zero-order valence-electron chi connectivity index (χ0n) is 15.0. The predicted octanol–water partition coefficient (Wildman–Crippen LogP) is 2.21. The molecule has 1 spiro atoms. The molecule has 1 atom stereocenters. The first-order chi connectivity index (χ1) is 12.2. The van der Waals surface area contributed by atoms with Crippen molar-refractivity contribution < 1.29 is 4.74 Å². The van der Waals surface area contributed by atoms with Gasteiger partial charge in [0, 0.05) is 38.3 Å². The van der Waals surface area contributed by atoms with Gasteiger partial charge in [0.1, 0.15) is 12.2 Å². The average Bonchev–Trinajstić information content (AvgIpc) is 3.05. The predicted molar refractivity (Wildman–Crippen MR) is 94.9 cm³/mol. The summed E-state index contributed by atoms with van der Waals surface area (Å²) in [5, 5.41) is 0. The third-order valence-corrected chi connectivity index (χ3v) is 5.90. The van der Waals surface area contributed by atoms with E-state index in [-0.39, 0.29) is 0 Å². The Morgan fingerprint density at radius 3 is 2.64 bits per heavy atom. The average molecular weight is 341 g/mol. The lowest BCUT2D eigenvalue weighted by atomic mass is 9.73. The van der Waals surface area contributed by atoms with Crippen LogP contribution in [0.3, 0.4) is 0 Å². The second kappa shape index (κ2) is 7.22. The first-order valence-corrected chi connectivity index (χ1v) is 9.27. The second-order valence-electron chi connectivity index (χ2n) is 7.65. The van der Waals surface area contributed by atoms with Crippen molar-refractivity contribution in [3.63, 3.8) is 0 Å². The number of aryl methyl sites for hydroxylation is 1. The summed E-state index contributed by atoms with van der Waals surface area (Å²) in [6.45, 7) is 4.15. The quantitative estimate of drug-likeness (QED) is 0.853. The number of nitrogens with zero attached hydrogens (tertiary/aromatic N) is 5. The molecule has 6 heteroatoms. The molecule has 134 valence electrons. The van der Waals surface area contributed by atoms with Gasteiger partial charge in [-0.3, -0.25) is 4.90 Å². The van der Waals surface area contributed by atoms with Crippen molar-refractivity contribution >= 4 is 0 Å². The van der Waals surface area contributed by atoms with Crippen LogP contribution in [-0.2, 0) is 24.8 Å². The molecule has 4 rings (SSSR count). The first kappa shape index (κ1) is 16.7. The molecule has 0 bridgehead atoms. The molecule has 25 heavy (non-hydrogen) atoms. The number of rotatable bonds is 4. The maximum absolute atomic E-state index is 6.24. The molecule has 2 aromatic heterocycles. The largest absolute Gasteiger partial charge is 0.377 e. The molecule has 0 N–H and O–H groups in total. The Kier molecular flexibility index (Phi) is 4.81. The van der Waals surface area contributed by atoms with Crippen molar-refractivity contribution in [2.24, 2.45) is 12.5 Å². The topological polar surface area (TPSA) is 56.1 Å². The highest BCUT2D eigenvalue weighted by molar-refractivity contribution is 5.05. The van der Waals surface area contributed by atoms with E-state index in [2.05, 4.69) is 31.5 Å². The van der Waals surface area contributed by atoms with Crippen molar-refractivity contribution in [2.45, 2.75) is 44.8 Å². The summed E-state index contributed by atoms with van der Waals surface area (Å²) in [5.74, 6) is 1.15. The van der Waals surface area contributed by atoms with Gasteiger partial charge in [0.25, 0.3) is 0 Å². The van der Waals surface area contributed by atoms with Gasteiger partial charge in [0.15, 0.2) is 0 Å². The standard InChI is InChI=1S/C19H27N5O/c1-23-9-6-22-18(23)13-24-7-4-19(5-8-24)3-2-17(25-14-19)10-16-11-20-15-21-12-16/h6,9,11-12,15,17H,2-5,7-8,10,13-14H2,1H3/t17-/m0/s1. The molecule has 6 nitrogen and oxygen atoms in total. The zero-order chi connectivity index (χ0) is 17.1. The highest BCUT2D eigenvalue weighted by Crippen LogP contribution is 2.41. The lowest BCUT2D eigenvalue weighted by Gasteiger charge is -2.45. The van der Waals surface area contributed by atoms with Crippen molar-refractivity contribution in [3.05, 3.63) is 42.5 Å². The summed E-state index contributed by atoms with van der Waals surface area (Å²) in [6.07, 6.45) is 15.4. The van der Waals surface area contributed by atoms with Gasteiger partial charge in [-0.2, -0.15) is 0 Å². The molecule has 0 aliphatic carbocycles. The van der Waals surface area contributed by atoms with Crippen LogP contribution in [0.15, 0.2) is 31.1 Å². The Bertz CT molecular complexity index is 668. The zero-order valence-corrected chi connectivity index (χ0v) is 15.0. The van der Waals surface area contributed by atoms with Crippen LogP contribution in [0.4, 0.5) is 0 Å². The van der Waals surface area contributed by atoms with Crippen LogP contribution in [0.1, 0.15) is 37.1 Å². The molecule has 2 aliphatic rings. The molecule has 0 amide bonds. The van der Waals surface area contributed by atoms with Crippen LogP contribution in [-0.4, -0.2) is 50.2 Å². The van der Waals surface area contributed by atoms with Crippen molar-refractivity contribution in [1.82, 2.24) is 24.4 Å². The molecule has 2 saturated heterocycles. The fourth-order valence-corrected chi connectivity index (χ4v) is 4.11. The Morgan fingerprint density at radius 1 is 1.20 bits per heavy atom. The molecule has 4 heterocycles. The van der Waals surface area contributed by atoms with Crippen molar-refractivity contribution in [1.29, 1.82) is 0 Å². The van der Waals surface area contributed by atoms with Crippen LogP contribution in [0.5, 0.6) is 0 Å². The van der Waals surface area contributed by atoms with E-state index in [1.165, 1.54) is 24.8 Å². The molecule has 0 aromatic carbocycles. The normalized spacial score (nSPS) is 23.8. The fraction of sp³-hybridized carbons (Fsp3) is 0.632. The third kappa shape index (κ3) is 3.90. The van der Waals surface area contributed by atoms with Crippen LogP contribution in [0.25, 0.3) is 0 Å². The van der Waals surface area contributed by atoms with Gasteiger partial charge in [0.05, 0.1) is 19.3 Å². The van der Waals surface area contributed by atoms with Gasteiger partial charge < -0.3 is 9.30 Å². The number of imidazole rings is 1. The smallest absolute Gasteiger partial charge is 0.122 e. The van der Waals surface area contributed by atoms with Gasteiger partial charge in [-0.15, -0.1) is 0 Å². The molecule has 0 radical (unpaired) electrons. The van der Waals surface area contributed by atoms with Gasteiger partial charge in [0.2, 0.25) is 0 Å². The summed E-state index contributed by atoms with van der Waals surface area (Å²) < 4.78 is 8.36. The second-order valence-corrected chi connectivity index (χ2v) is 7.65. The summed E-state index contributed by atoms with van der Waals surface area (Å²) in [5.41, 5.74) is 1.57. The molecular weight excluding hydrogens is 314 g/mol. The van der Waals surface area contributed by atoms with Crippen LogP contribution >= 0.6 is 0 Å².